The van der Waals surface area contributed by atoms with Crippen LogP contribution in [0.25, 0.3) is 0 Å². The number of hydrogen-bond donors (Lipinski definition) is 2. The number of aliphatic hydroxyl groups excluding tert-OH is 1. The molecule has 0 fully saturated rings. The molecule has 0 aliphatic heterocycles. The van der Waals surface area contributed by atoms with Crippen LogP contribution in [0.15, 0.2) is 30.2 Å². The second-order valence-electron chi connectivity index (χ2n) is 3.52. The zero-order valence-electron chi connectivity index (χ0n) is 9.96. The first-order valence-electron chi connectivity index (χ1n) is 5.55. The van der Waals surface area contributed by atoms with Crippen LogP contribution in [0, 0.1) is 11.8 Å². The third kappa shape index (κ3) is 3.61. The number of hydrogen-bond acceptors (Lipinski definition) is 5. The van der Waals surface area contributed by atoms with Crippen LogP contribution < -0.4 is 5.32 Å². The number of thiophene rings is 1. The lowest BCUT2D eigenvalue weighted by atomic mass is 10.2. The molecule has 2 aromatic rings. The summed E-state index contributed by atoms with van der Waals surface area (Å²) in [5.74, 6) is 5.43. The van der Waals surface area contributed by atoms with Crippen LogP contribution in [-0.4, -0.2) is 27.6 Å². The second kappa shape index (κ2) is 6.64. The number of amides is 1. The fraction of sp³-hybridized carbons (Fsp3) is 0.154. The molecule has 0 unspecified atom stereocenters. The van der Waals surface area contributed by atoms with Crippen LogP contribution >= 0.6 is 11.3 Å². The van der Waals surface area contributed by atoms with Crippen molar-refractivity contribution in [2.45, 2.75) is 6.42 Å². The number of carbonyl (C=O) groups is 1. The normalized spacial score (nSPS) is 9.53. The Hall–Kier alpha value is -2.23. The fourth-order valence-corrected chi connectivity index (χ4v) is 2.09. The number of anilines is 1. The first-order valence-corrected chi connectivity index (χ1v) is 6.43. The highest BCUT2D eigenvalue weighted by Crippen LogP contribution is 2.17. The Morgan fingerprint density at radius 3 is 2.95 bits per heavy atom. The number of rotatable bonds is 3. The van der Waals surface area contributed by atoms with Gasteiger partial charge in [0.15, 0.2) is 0 Å². The van der Waals surface area contributed by atoms with Gasteiger partial charge in [-0.1, -0.05) is 11.8 Å². The van der Waals surface area contributed by atoms with Gasteiger partial charge in [0.05, 0.1) is 24.7 Å². The molecule has 0 aliphatic carbocycles. The standard InChI is InChI=1S/C13H11N3O2S/c17-5-2-1-3-10-4-6-19-12(10)13(18)16-11-7-14-9-15-8-11/h4,6-9,17H,2,5H2,(H,16,18). The molecule has 96 valence electrons. The summed E-state index contributed by atoms with van der Waals surface area (Å²) < 4.78 is 0. The molecule has 2 N–H and O–H groups in total. The molecule has 2 heterocycles. The van der Waals surface area contributed by atoms with Crippen molar-refractivity contribution < 1.29 is 9.90 Å². The maximum absolute atomic E-state index is 12.1. The lowest BCUT2D eigenvalue weighted by Gasteiger charge is -2.02. The van der Waals surface area contributed by atoms with Gasteiger partial charge < -0.3 is 10.4 Å². The van der Waals surface area contributed by atoms with Crippen LogP contribution in [0.3, 0.4) is 0 Å². The Labute approximate surface area is 114 Å². The first kappa shape index (κ1) is 13.2. The highest BCUT2D eigenvalue weighted by molar-refractivity contribution is 7.12. The lowest BCUT2D eigenvalue weighted by molar-refractivity contribution is 0.103. The number of nitrogens with one attached hydrogen (secondary N) is 1. The average molecular weight is 273 g/mol. The van der Waals surface area contributed by atoms with Gasteiger partial charge in [-0.2, -0.15) is 0 Å². The topological polar surface area (TPSA) is 75.1 Å². The second-order valence-corrected chi connectivity index (χ2v) is 4.44. The molecule has 2 aromatic heterocycles. The van der Waals surface area contributed by atoms with Gasteiger partial charge in [-0.3, -0.25) is 4.79 Å². The monoisotopic (exact) mass is 273 g/mol. The Morgan fingerprint density at radius 1 is 1.42 bits per heavy atom. The van der Waals surface area contributed by atoms with Crippen molar-refractivity contribution in [3.8, 4) is 11.8 Å². The average Bonchev–Trinajstić information content (AvgIpc) is 2.89. The van der Waals surface area contributed by atoms with Crippen molar-refractivity contribution in [2.75, 3.05) is 11.9 Å². The molecule has 0 saturated carbocycles. The van der Waals surface area contributed by atoms with Gasteiger partial charge in [0.25, 0.3) is 5.91 Å². The van der Waals surface area contributed by atoms with Crippen LogP contribution in [0.1, 0.15) is 21.7 Å². The van der Waals surface area contributed by atoms with Gasteiger partial charge in [0.2, 0.25) is 0 Å². The van der Waals surface area contributed by atoms with Gasteiger partial charge in [-0.15, -0.1) is 11.3 Å². The molecular formula is C13H11N3O2S. The minimum absolute atomic E-state index is 0.0139. The molecular weight excluding hydrogens is 262 g/mol. The van der Waals surface area contributed by atoms with Crippen molar-refractivity contribution >= 4 is 22.9 Å². The molecule has 0 bridgehead atoms. The van der Waals surface area contributed by atoms with Gasteiger partial charge >= 0.3 is 0 Å². The van der Waals surface area contributed by atoms with Crippen molar-refractivity contribution in [3.05, 3.63) is 40.6 Å². The summed E-state index contributed by atoms with van der Waals surface area (Å²) in [6, 6.07) is 1.78. The van der Waals surface area contributed by atoms with E-state index in [0.29, 0.717) is 22.5 Å². The van der Waals surface area contributed by atoms with E-state index in [-0.39, 0.29) is 12.5 Å². The summed E-state index contributed by atoms with van der Waals surface area (Å²) in [7, 11) is 0. The zero-order chi connectivity index (χ0) is 13.5. The van der Waals surface area contributed by atoms with Crippen LogP contribution in [0.5, 0.6) is 0 Å². The largest absolute Gasteiger partial charge is 0.395 e. The molecule has 0 atom stereocenters. The Balaban J connectivity index is 2.12. The summed E-state index contributed by atoms with van der Waals surface area (Å²) in [6.45, 7) is 0.0139. The molecule has 19 heavy (non-hydrogen) atoms. The lowest BCUT2D eigenvalue weighted by Crippen LogP contribution is -2.11. The maximum atomic E-state index is 12.1. The quantitative estimate of drug-likeness (QED) is 0.831. The number of aromatic nitrogens is 2. The number of aliphatic hydroxyl groups is 1. The van der Waals surface area contributed by atoms with E-state index in [9.17, 15) is 4.79 Å². The van der Waals surface area contributed by atoms with E-state index in [1.807, 2.05) is 0 Å². The van der Waals surface area contributed by atoms with Crippen molar-refractivity contribution in [2.24, 2.45) is 0 Å². The molecule has 1 amide bonds. The van der Waals surface area contributed by atoms with E-state index in [2.05, 4.69) is 27.1 Å². The summed E-state index contributed by atoms with van der Waals surface area (Å²) in [6.07, 6.45) is 4.83. The minimum atomic E-state index is -0.238. The molecule has 0 radical (unpaired) electrons. The highest BCUT2D eigenvalue weighted by atomic mass is 32.1. The molecule has 6 heteroatoms. The van der Waals surface area contributed by atoms with Gasteiger partial charge in [0.1, 0.15) is 11.2 Å². The van der Waals surface area contributed by atoms with Crippen LogP contribution in [-0.2, 0) is 0 Å². The molecule has 0 saturated heterocycles. The van der Waals surface area contributed by atoms with Crippen molar-refractivity contribution in [1.82, 2.24) is 9.97 Å². The van der Waals surface area contributed by atoms with Crippen LogP contribution in [0.2, 0.25) is 0 Å². The number of carbonyl (C=O) groups excluding carboxylic acids is 1. The van der Waals surface area contributed by atoms with E-state index in [0.717, 1.165) is 0 Å². The van der Waals surface area contributed by atoms with E-state index < -0.39 is 0 Å². The van der Waals surface area contributed by atoms with Crippen molar-refractivity contribution in [3.63, 3.8) is 0 Å². The summed E-state index contributed by atoms with van der Waals surface area (Å²) in [5.41, 5.74) is 1.20. The zero-order valence-corrected chi connectivity index (χ0v) is 10.8. The van der Waals surface area contributed by atoms with Gasteiger partial charge in [-0.05, 0) is 11.4 Å². The number of nitrogens with zero attached hydrogens (tertiary/aromatic N) is 2. The Bertz CT molecular complexity index is 614. The summed E-state index contributed by atoms with van der Waals surface area (Å²) in [4.78, 5) is 20.2. The Kier molecular flexibility index (Phi) is 4.61. The predicted octanol–water partition coefficient (Wildman–Crippen LogP) is 1.52. The smallest absolute Gasteiger partial charge is 0.267 e. The van der Waals surface area contributed by atoms with E-state index >= 15 is 0 Å². The van der Waals surface area contributed by atoms with Gasteiger partial charge in [0, 0.05) is 12.0 Å². The SMILES string of the molecule is O=C(Nc1cncnc1)c1sccc1C#CCCO. The summed E-state index contributed by atoms with van der Waals surface area (Å²) in [5, 5.41) is 13.2. The molecule has 5 nitrogen and oxygen atoms in total. The third-order valence-corrected chi connectivity index (χ3v) is 3.06. The van der Waals surface area contributed by atoms with Crippen molar-refractivity contribution in [1.29, 1.82) is 0 Å². The predicted molar refractivity (Wildman–Crippen MR) is 72.9 cm³/mol. The highest BCUT2D eigenvalue weighted by Gasteiger charge is 2.12. The maximum Gasteiger partial charge on any atom is 0.267 e. The molecule has 2 rings (SSSR count). The molecule has 0 aliphatic rings. The third-order valence-electron chi connectivity index (χ3n) is 2.15. The fourth-order valence-electron chi connectivity index (χ4n) is 1.35. The van der Waals surface area contributed by atoms with Gasteiger partial charge in [-0.25, -0.2) is 9.97 Å². The molecule has 0 spiro atoms. The van der Waals surface area contributed by atoms with Crippen LogP contribution in [0.4, 0.5) is 5.69 Å². The van der Waals surface area contributed by atoms with E-state index in [1.54, 1.807) is 11.4 Å². The summed E-state index contributed by atoms with van der Waals surface area (Å²) >= 11 is 1.32. The minimum Gasteiger partial charge on any atom is -0.395 e. The van der Waals surface area contributed by atoms with E-state index in [1.165, 1.54) is 30.1 Å². The Morgan fingerprint density at radius 2 is 2.21 bits per heavy atom. The van der Waals surface area contributed by atoms with E-state index in [4.69, 9.17) is 5.11 Å². The first-order chi connectivity index (χ1) is 9.31. The molecule has 0 aromatic carbocycles.